The van der Waals surface area contributed by atoms with Gasteiger partial charge in [0.05, 0.1) is 16.7 Å². The number of amidine groups is 1. The van der Waals surface area contributed by atoms with Crippen molar-refractivity contribution in [2.45, 2.75) is 18.4 Å². The molecule has 1 aliphatic rings. The molecule has 0 saturated heterocycles. The SMILES string of the molecule is CN1C(=N)C(c2cccc(C(F)(F)F)c2)=C(O)C1c1cccc(C(F)(F)F)c1. The van der Waals surface area contributed by atoms with Gasteiger partial charge in [-0.1, -0.05) is 24.3 Å². The highest BCUT2D eigenvalue weighted by atomic mass is 19.4. The van der Waals surface area contributed by atoms with Gasteiger partial charge in [0.25, 0.3) is 0 Å². The zero-order valence-electron chi connectivity index (χ0n) is 14.4. The Labute approximate surface area is 156 Å². The van der Waals surface area contributed by atoms with Crippen molar-refractivity contribution >= 4 is 11.4 Å². The van der Waals surface area contributed by atoms with Crippen LogP contribution in [-0.4, -0.2) is 22.9 Å². The van der Waals surface area contributed by atoms with E-state index in [-0.39, 0.29) is 22.5 Å². The molecule has 0 aromatic heterocycles. The van der Waals surface area contributed by atoms with Gasteiger partial charge in [0.15, 0.2) is 0 Å². The number of nitrogens with one attached hydrogen (secondary N) is 1. The van der Waals surface area contributed by atoms with Crippen LogP contribution in [0.5, 0.6) is 0 Å². The Kier molecular flexibility index (Phi) is 4.64. The number of aliphatic hydroxyl groups excluding tert-OH is 1. The summed E-state index contributed by atoms with van der Waals surface area (Å²) < 4.78 is 77.9. The molecule has 28 heavy (non-hydrogen) atoms. The summed E-state index contributed by atoms with van der Waals surface area (Å²) in [6, 6.07) is 7.23. The van der Waals surface area contributed by atoms with E-state index >= 15 is 0 Å². The van der Waals surface area contributed by atoms with Crippen molar-refractivity contribution < 1.29 is 31.4 Å². The first-order valence-corrected chi connectivity index (χ1v) is 8.01. The number of alkyl halides is 6. The minimum Gasteiger partial charge on any atom is -0.509 e. The molecular weight excluding hydrogens is 386 g/mol. The third-order valence-corrected chi connectivity index (χ3v) is 4.50. The third-order valence-electron chi connectivity index (χ3n) is 4.50. The molecule has 0 aliphatic carbocycles. The number of likely N-dealkylation sites (N-methyl/N-ethyl adjacent to an activating group) is 1. The van der Waals surface area contributed by atoms with Crippen molar-refractivity contribution in [3.05, 3.63) is 76.5 Å². The van der Waals surface area contributed by atoms with E-state index < -0.39 is 35.3 Å². The lowest BCUT2D eigenvalue weighted by Gasteiger charge is -2.23. The average Bonchev–Trinajstić information content (AvgIpc) is 2.83. The molecule has 2 N–H and O–H groups in total. The first kappa shape index (κ1) is 19.8. The van der Waals surface area contributed by atoms with Crippen LogP contribution in [0.15, 0.2) is 54.3 Å². The summed E-state index contributed by atoms with van der Waals surface area (Å²) in [5, 5.41) is 18.8. The third kappa shape index (κ3) is 3.44. The van der Waals surface area contributed by atoms with Crippen LogP contribution in [0.4, 0.5) is 26.3 Å². The number of nitrogens with zero attached hydrogens (tertiary/aromatic N) is 1. The van der Waals surface area contributed by atoms with Crippen molar-refractivity contribution in [2.75, 3.05) is 7.05 Å². The Morgan fingerprint density at radius 3 is 2.00 bits per heavy atom. The summed E-state index contributed by atoms with van der Waals surface area (Å²) in [4.78, 5) is 1.21. The molecule has 2 aromatic rings. The Bertz CT molecular complexity index is 961. The molecule has 0 saturated carbocycles. The normalized spacial score (nSPS) is 18.2. The van der Waals surface area contributed by atoms with E-state index in [2.05, 4.69) is 0 Å². The Morgan fingerprint density at radius 2 is 1.43 bits per heavy atom. The number of rotatable bonds is 2. The van der Waals surface area contributed by atoms with Gasteiger partial charge in [-0.25, -0.2) is 0 Å². The highest BCUT2D eigenvalue weighted by Gasteiger charge is 2.39. The second-order valence-electron chi connectivity index (χ2n) is 6.32. The van der Waals surface area contributed by atoms with Gasteiger partial charge in [0, 0.05) is 7.05 Å². The molecule has 0 spiro atoms. The highest BCUT2D eigenvalue weighted by Crippen LogP contribution is 2.42. The predicted octanol–water partition coefficient (Wildman–Crippen LogP) is 5.66. The summed E-state index contributed by atoms with van der Waals surface area (Å²) >= 11 is 0. The number of aliphatic hydroxyl groups is 1. The summed E-state index contributed by atoms with van der Waals surface area (Å²) in [5.74, 6) is -0.773. The van der Waals surface area contributed by atoms with Gasteiger partial charge in [-0.2, -0.15) is 26.3 Å². The first-order valence-electron chi connectivity index (χ1n) is 8.01. The van der Waals surface area contributed by atoms with E-state index in [4.69, 9.17) is 5.41 Å². The van der Waals surface area contributed by atoms with Crippen LogP contribution < -0.4 is 0 Å². The fourth-order valence-electron chi connectivity index (χ4n) is 3.15. The van der Waals surface area contributed by atoms with E-state index in [0.717, 1.165) is 30.3 Å². The quantitative estimate of drug-likeness (QED) is 0.640. The molecule has 0 radical (unpaired) electrons. The van der Waals surface area contributed by atoms with Crippen LogP contribution in [0.25, 0.3) is 5.57 Å². The van der Waals surface area contributed by atoms with Crippen molar-refractivity contribution in [1.82, 2.24) is 4.90 Å². The second kappa shape index (κ2) is 6.57. The monoisotopic (exact) mass is 400 g/mol. The molecule has 0 fully saturated rings. The smallest absolute Gasteiger partial charge is 0.416 e. The van der Waals surface area contributed by atoms with Crippen LogP contribution in [0.2, 0.25) is 0 Å². The molecule has 0 bridgehead atoms. The van der Waals surface area contributed by atoms with Crippen LogP contribution in [0.1, 0.15) is 28.3 Å². The molecule has 148 valence electrons. The fourth-order valence-corrected chi connectivity index (χ4v) is 3.15. The fraction of sp³-hybridized carbons (Fsp3) is 0.211. The molecule has 0 amide bonds. The van der Waals surface area contributed by atoms with Gasteiger partial charge in [-0.15, -0.1) is 0 Å². The van der Waals surface area contributed by atoms with Crippen molar-refractivity contribution in [1.29, 1.82) is 5.41 Å². The molecule has 2 aromatic carbocycles. The van der Waals surface area contributed by atoms with Gasteiger partial charge in [-0.05, 0) is 35.4 Å². The largest absolute Gasteiger partial charge is 0.509 e. The number of hydrogen-bond donors (Lipinski definition) is 2. The topological polar surface area (TPSA) is 47.3 Å². The van der Waals surface area contributed by atoms with Crippen molar-refractivity contribution in [3.63, 3.8) is 0 Å². The van der Waals surface area contributed by atoms with E-state index in [9.17, 15) is 31.4 Å². The Balaban J connectivity index is 2.10. The Hall–Kier alpha value is -2.97. The highest BCUT2D eigenvalue weighted by molar-refractivity contribution is 6.24. The van der Waals surface area contributed by atoms with Gasteiger partial charge in [-0.3, -0.25) is 5.41 Å². The maximum absolute atomic E-state index is 13.0. The molecule has 1 atom stereocenters. The lowest BCUT2D eigenvalue weighted by Crippen LogP contribution is -2.25. The minimum absolute atomic E-state index is 0.0429. The van der Waals surface area contributed by atoms with Crippen molar-refractivity contribution in [2.24, 2.45) is 0 Å². The van der Waals surface area contributed by atoms with Crippen LogP contribution in [0.3, 0.4) is 0 Å². The summed E-state index contributed by atoms with van der Waals surface area (Å²) in [6.07, 6.45) is -9.21. The van der Waals surface area contributed by atoms with Crippen molar-refractivity contribution in [3.8, 4) is 0 Å². The number of halogens is 6. The summed E-state index contributed by atoms with van der Waals surface area (Å²) in [6.45, 7) is 0. The average molecular weight is 400 g/mol. The van der Waals surface area contributed by atoms with Crippen LogP contribution in [-0.2, 0) is 12.4 Å². The maximum Gasteiger partial charge on any atom is 0.416 e. The van der Waals surface area contributed by atoms with E-state index in [1.54, 1.807) is 0 Å². The van der Waals surface area contributed by atoms with E-state index in [0.29, 0.717) is 0 Å². The van der Waals surface area contributed by atoms with E-state index in [1.165, 1.54) is 30.1 Å². The number of benzene rings is 2. The molecule has 1 unspecified atom stereocenters. The molecule has 1 aliphatic heterocycles. The van der Waals surface area contributed by atoms with Gasteiger partial charge in [0.2, 0.25) is 0 Å². The standard InChI is InChI=1S/C19H14F6N2O/c1-27-15(11-5-3-7-13(9-11)19(23,24)25)16(28)14(17(27)26)10-4-2-6-12(8-10)18(20,21)22/h2-9,15,26,28H,1H3. The maximum atomic E-state index is 13.0. The lowest BCUT2D eigenvalue weighted by molar-refractivity contribution is -0.138. The minimum atomic E-state index is -4.61. The molecule has 3 rings (SSSR count). The molecule has 9 heteroatoms. The molecule has 1 heterocycles. The zero-order chi connectivity index (χ0) is 20.9. The summed E-state index contributed by atoms with van der Waals surface area (Å²) in [5.41, 5.74) is -2.01. The molecule has 3 nitrogen and oxygen atoms in total. The number of hydrogen-bond acceptors (Lipinski definition) is 2. The molecular formula is C19H14F6N2O. The zero-order valence-corrected chi connectivity index (χ0v) is 14.4. The lowest BCUT2D eigenvalue weighted by atomic mass is 9.98. The van der Waals surface area contributed by atoms with Gasteiger partial charge >= 0.3 is 12.4 Å². The van der Waals surface area contributed by atoms with Gasteiger partial charge < -0.3 is 10.0 Å². The predicted molar refractivity (Wildman–Crippen MR) is 90.7 cm³/mol. The Morgan fingerprint density at radius 1 is 0.893 bits per heavy atom. The second-order valence-corrected chi connectivity index (χ2v) is 6.32. The van der Waals surface area contributed by atoms with E-state index in [1.807, 2.05) is 0 Å². The summed E-state index contributed by atoms with van der Waals surface area (Å²) in [7, 11) is 1.38. The first-order chi connectivity index (χ1) is 12.9. The van der Waals surface area contributed by atoms with Gasteiger partial charge in [0.1, 0.15) is 17.6 Å². The van der Waals surface area contributed by atoms with Crippen LogP contribution in [0, 0.1) is 5.41 Å². The van der Waals surface area contributed by atoms with Crippen LogP contribution >= 0.6 is 0 Å².